The Hall–Kier alpha value is -1.83. The number of amides is 1. The molecular formula is C15H15BBrNO4. The fourth-order valence-corrected chi connectivity index (χ4v) is 2.53. The average molecular weight is 364 g/mol. The minimum Gasteiger partial charge on any atom is -0.496 e. The maximum absolute atomic E-state index is 12.2. The third-order valence-corrected chi connectivity index (χ3v) is 3.57. The van der Waals surface area contributed by atoms with Gasteiger partial charge in [-0.05, 0) is 29.7 Å². The molecule has 0 heterocycles. The quantitative estimate of drug-likeness (QED) is 0.694. The zero-order valence-electron chi connectivity index (χ0n) is 11.9. The van der Waals surface area contributed by atoms with Gasteiger partial charge in [0.1, 0.15) is 5.75 Å². The Morgan fingerprint density at radius 1 is 1.27 bits per heavy atom. The number of ether oxygens (including phenoxy) is 1. The lowest BCUT2D eigenvalue weighted by Gasteiger charge is -2.10. The van der Waals surface area contributed by atoms with Gasteiger partial charge in [-0.1, -0.05) is 34.1 Å². The second-order valence-electron chi connectivity index (χ2n) is 4.64. The number of hydrogen-bond donors (Lipinski definition) is 3. The maximum Gasteiger partial charge on any atom is 0.488 e. The summed E-state index contributed by atoms with van der Waals surface area (Å²) in [5.74, 6) is 0.387. The van der Waals surface area contributed by atoms with Gasteiger partial charge in [0.25, 0.3) is 5.91 Å². The topological polar surface area (TPSA) is 78.8 Å². The van der Waals surface area contributed by atoms with Crippen LogP contribution >= 0.6 is 15.9 Å². The van der Waals surface area contributed by atoms with Crippen LogP contribution in [-0.2, 0) is 6.54 Å². The van der Waals surface area contributed by atoms with Crippen LogP contribution in [0.2, 0.25) is 0 Å². The number of rotatable bonds is 5. The van der Waals surface area contributed by atoms with Crippen molar-refractivity contribution >= 4 is 34.4 Å². The highest BCUT2D eigenvalue weighted by Crippen LogP contribution is 2.17. The van der Waals surface area contributed by atoms with Crippen LogP contribution in [0.1, 0.15) is 15.9 Å². The van der Waals surface area contributed by atoms with Crippen molar-refractivity contribution in [3.05, 3.63) is 58.1 Å². The highest BCUT2D eigenvalue weighted by Gasteiger charge is 2.15. The lowest BCUT2D eigenvalue weighted by atomic mass is 9.79. The molecule has 0 aromatic heterocycles. The molecule has 0 spiro atoms. The number of nitrogens with one attached hydrogen (secondary N) is 1. The molecule has 5 nitrogen and oxygen atoms in total. The summed E-state index contributed by atoms with van der Waals surface area (Å²) in [5, 5.41) is 21.2. The second kappa shape index (κ2) is 7.44. The van der Waals surface area contributed by atoms with E-state index in [2.05, 4.69) is 21.2 Å². The predicted molar refractivity (Wildman–Crippen MR) is 88.1 cm³/mol. The average Bonchev–Trinajstić information content (AvgIpc) is 2.52. The Labute approximate surface area is 137 Å². The number of benzene rings is 2. The normalized spacial score (nSPS) is 10.2. The highest BCUT2D eigenvalue weighted by molar-refractivity contribution is 9.10. The van der Waals surface area contributed by atoms with Gasteiger partial charge in [-0.25, -0.2) is 0 Å². The van der Waals surface area contributed by atoms with Crippen molar-refractivity contribution in [1.29, 1.82) is 0 Å². The van der Waals surface area contributed by atoms with Gasteiger partial charge in [0.2, 0.25) is 0 Å². The smallest absolute Gasteiger partial charge is 0.488 e. The molecule has 3 N–H and O–H groups in total. The third kappa shape index (κ3) is 4.10. The van der Waals surface area contributed by atoms with Crippen molar-refractivity contribution in [3.8, 4) is 5.75 Å². The summed E-state index contributed by atoms with van der Waals surface area (Å²) in [7, 11) is -0.0533. The summed E-state index contributed by atoms with van der Waals surface area (Å²) in [4.78, 5) is 12.2. The van der Waals surface area contributed by atoms with Crippen LogP contribution in [0, 0.1) is 0 Å². The first-order valence-corrected chi connectivity index (χ1v) is 7.37. The van der Waals surface area contributed by atoms with Crippen LogP contribution in [0.3, 0.4) is 0 Å². The number of carbonyl (C=O) groups excluding carboxylic acids is 1. The van der Waals surface area contributed by atoms with Crippen LogP contribution in [0.4, 0.5) is 0 Å². The van der Waals surface area contributed by atoms with Crippen LogP contribution in [0.25, 0.3) is 0 Å². The van der Waals surface area contributed by atoms with Crippen LogP contribution in [0.15, 0.2) is 46.9 Å². The van der Waals surface area contributed by atoms with E-state index in [-0.39, 0.29) is 11.4 Å². The minimum absolute atomic E-state index is 0.247. The largest absolute Gasteiger partial charge is 0.496 e. The molecule has 2 aromatic rings. The molecule has 0 fully saturated rings. The molecule has 1 amide bonds. The Kier molecular flexibility index (Phi) is 5.60. The summed E-state index contributed by atoms with van der Waals surface area (Å²) < 4.78 is 5.83. The van der Waals surface area contributed by atoms with Crippen LogP contribution in [-0.4, -0.2) is 30.2 Å². The zero-order chi connectivity index (χ0) is 16.1. The summed E-state index contributed by atoms with van der Waals surface area (Å²) in [6, 6.07) is 12.0. The molecule has 22 heavy (non-hydrogen) atoms. The second-order valence-corrected chi connectivity index (χ2v) is 5.56. The van der Waals surface area contributed by atoms with Gasteiger partial charge in [0.15, 0.2) is 0 Å². The van der Waals surface area contributed by atoms with Crippen molar-refractivity contribution in [2.45, 2.75) is 6.54 Å². The SMILES string of the molecule is COc1ccccc1CNC(=O)c1cc(Br)cc(B(O)O)c1. The van der Waals surface area contributed by atoms with E-state index in [0.29, 0.717) is 22.3 Å². The van der Waals surface area contributed by atoms with E-state index >= 15 is 0 Å². The molecule has 114 valence electrons. The van der Waals surface area contributed by atoms with E-state index < -0.39 is 7.12 Å². The van der Waals surface area contributed by atoms with Gasteiger partial charge < -0.3 is 20.1 Å². The number of halogens is 1. The van der Waals surface area contributed by atoms with Gasteiger partial charge >= 0.3 is 7.12 Å². The monoisotopic (exact) mass is 363 g/mol. The highest BCUT2D eigenvalue weighted by atomic mass is 79.9. The maximum atomic E-state index is 12.2. The van der Waals surface area contributed by atoms with E-state index in [4.69, 9.17) is 4.74 Å². The van der Waals surface area contributed by atoms with Gasteiger partial charge in [-0.15, -0.1) is 0 Å². The Morgan fingerprint density at radius 3 is 2.68 bits per heavy atom. The summed E-state index contributed by atoms with van der Waals surface area (Å²) >= 11 is 3.25. The lowest BCUT2D eigenvalue weighted by molar-refractivity contribution is 0.0950. The number of hydrogen-bond acceptors (Lipinski definition) is 4. The molecule has 2 rings (SSSR count). The Bertz CT molecular complexity index is 678. The first-order valence-electron chi connectivity index (χ1n) is 6.58. The van der Waals surface area contributed by atoms with E-state index in [1.807, 2.05) is 24.3 Å². The van der Waals surface area contributed by atoms with Crippen molar-refractivity contribution in [2.24, 2.45) is 0 Å². The Balaban J connectivity index is 2.12. The van der Waals surface area contributed by atoms with Crippen molar-refractivity contribution in [2.75, 3.05) is 7.11 Å². The number of carbonyl (C=O) groups is 1. The summed E-state index contributed by atoms with van der Waals surface area (Å²) in [6.45, 7) is 0.312. The van der Waals surface area contributed by atoms with E-state index in [1.165, 1.54) is 6.07 Å². The molecule has 2 aromatic carbocycles. The molecule has 0 unspecified atom stereocenters. The number of methoxy groups -OCH3 is 1. The van der Waals surface area contributed by atoms with Crippen molar-refractivity contribution < 1.29 is 19.6 Å². The van der Waals surface area contributed by atoms with Gasteiger partial charge in [0.05, 0.1) is 7.11 Å². The van der Waals surface area contributed by atoms with E-state index in [0.717, 1.165) is 5.56 Å². The first kappa shape index (κ1) is 16.5. The summed E-state index contributed by atoms with van der Waals surface area (Å²) in [6.07, 6.45) is 0. The molecule has 7 heteroatoms. The van der Waals surface area contributed by atoms with Gasteiger partial charge in [-0.3, -0.25) is 4.79 Å². The molecule has 0 saturated heterocycles. The van der Waals surface area contributed by atoms with Gasteiger partial charge in [0, 0.05) is 22.1 Å². The lowest BCUT2D eigenvalue weighted by Crippen LogP contribution is -2.32. The fourth-order valence-electron chi connectivity index (χ4n) is 2.02. The number of para-hydroxylation sites is 1. The van der Waals surface area contributed by atoms with E-state index in [1.54, 1.807) is 19.2 Å². The standard InChI is InChI=1S/C15H15BBrNO4/c1-22-14-5-3-2-4-10(14)9-18-15(19)11-6-12(16(20)21)8-13(17)7-11/h2-8,20-21H,9H2,1H3,(H,18,19). The van der Waals surface area contributed by atoms with E-state index in [9.17, 15) is 14.8 Å². The molecule has 0 saturated carbocycles. The predicted octanol–water partition coefficient (Wildman–Crippen LogP) is 1.07. The molecule has 0 aliphatic rings. The minimum atomic E-state index is -1.63. The Morgan fingerprint density at radius 2 is 2.00 bits per heavy atom. The molecule has 0 atom stereocenters. The molecule has 0 radical (unpaired) electrons. The molecule has 0 aliphatic carbocycles. The molecule has 0 aliphatic heterocycles. The van der Waals surface area contributed by atoms with Crippen molar-refractivity contribution in [1.82, 2.24) is 5.32 Å². The molecular weight excluding hydrogens is 349 g/mol. The third-order valence-electron chi connectivity index (χ3n) is 3.11. The zero-order valence-corrected chi connectivity index (χ0v) is 13.5. The van der Waals surface area contributed by atoms with Gasteiger partial charge in [-0.2, -0.15) is 0 Å². The first-order chi connectivity index (χ1) is 10.5. The van der Waals surface area contributed by atoms with Crippen LogP contribution in [0.5, 0.6) is 5.75 Å². The summed E-state index contributed by atoms with van der Waals surface area (Å²) in [5.41, 5.74) is 1.44. The molecule has 0 bridgehead atoms. The van der Waals surface area contributed by atoms with Crippen LogP contribution < -0.4 is 15.5 Å². The van der Waals surface area contributed by atoms with Crippen molar-refractivity contribution in [3.63, 3.8) is 0 Å². The fraction of sp³-hybridized carbons (Fsp3) is 0.133.